The summed E-state index contributed by atoms with van der Waals surface area (Å²) < 4.78 is 10.7. The van der Waals surface area contributed by atoms with E-state index in [1.807, 2.05) is 0 Å². The first-order valence-corrected chi connectivity index (χ1v) is 9.03. The second-order valence-corrected chi connectivity index (χ2v) is 7.03. The van der Waals surface area contributed by atoms with Crippen molar-refractivity contribution in [2.45, 2.75) is 18.9 Å². The second kappa shape index (κ2) is 8.14. The molecule has 8 nitrogen and oxygen atoms in total. The number of nitrogens with zero attached hydrogens (tertiary/aromatic N) is 2. The van der Waals surface area contributed by atoms with Crippen molar-refractivity contribution in [3.63, 3.8) is 0 Å². The minimum absolute atomic E-state index is 0.0927. The summed E-state index contributed by atoms with van der Waals surface area (Å²) in [6, 6.07) is 4.99. The molecule has 2 amide bonds. The molecule has 1 aromatic carbocycles. The summed E-state index contributed by atoms with van der Waals surface area (Å²) in [5.41, 5.74) is 0.538. The summed E-state index contributed by atoms with van der Waals surface area (Å²) in [5, 5.41) is 9.38. The molecule has 0 radical (unpaired) electrons. The molecule has 2 saturated heterocycles. The highest BCUT2D eigenvalue weighted by molar-refractivity contribution is 6.31. The van der Waals surface area contributed by atoms with Crippen molar-refractivity contribution in [1.29, 1.82) is 0 Å². The Balaban J connectivity index is 1.71. The van der Waals surface area contributed by atoms with Crippen molar-refractivity contribution < 1.29 is 29.0 Å². The molecule has 2 atom stereocenters. The highest BCUT2D eigenvalue weighted by Crippen LogP contribution is 2.35. The van der Waals surface area contributed by atoms with E-state index >= 15 is 0 Å². The number of aliphatic carboxylic acids is 1. The Hall–Kier alpha value is -2.32. The smallest absolute Gasteiger partial charge is 0.306 e. The molecule has 2 aliphatic rings. The average Bonchev–Trinajstić information content (AvgIpc) is 3.02. The third-order valence-corrected chi connectivity index (χ3v) is 4.99. The van der Waals surface area contributed by atoms with Crippen LogP contribution in [0.5, 0.6) is 5.75 Å². The van der Waals surface area contributed by atoms with E-state index in [0.717, 1.165) is 0 Å². The van der Waals surface area contributed by atoms with Gasteiger partial charge in [0.1, 0.15) is 5.75 Å². The fourth-order valence-electron chi connectivity index (χ4n) is 3.48. The van der Waals surface area contributed by atoms with Gasteiger partial charge < -0.3 is 24.4 Å². The van der Waals surface area contributed by atoms with E-state index in [9.17, 15) is 14.4 Å². The zero-order chi connectivity index (χ0) is 19.6. The highest BCUT2D eigenvalue weighted by atomic mass is 35.5. The average molecular weight is 397 g/mol. The van der Waals surface area contributed by atoms with Crippen molar-refractivity contribution in [2.24, 2.45) is 5.92 Å². The Bertz CT molecular complexity index is 755. The van der Waals surface area contributed by atoms with Gasteiger partial charge in [0.05, 0.1) is 37.8 Å². The number of amides is 2. The molecule has 1 N–H and O–H groups in total. The lowest BCUT2D eigenvalue weighted by atomic mass is 10.1. The number of hydrogen-bond donors (Lipinski definition) is 1. The standard InChI is InChI=1S/C18H21ClN2O6/c1-26-15-3-2-12(19)7-14(15)21-9-11(6-16(21)22)18(25)20-4-5-27-13(10-20)8-17(23)24/h2-3,7,11,13H,4-6,8-10H2,1H3,(H,23,24)/t11-,13+/m0/s1. The van der Waals surface area contributed by atoms with E-state index in [1.54, 1.807) is 23.1 Å². The lowest BCUT2D eigenvalue weighted by Gasteiger charge is -2.33. The number of halogens is 1. The highest BCUT2D eigenvalue weighted by Gasteiger charge is 2.39. The Kier molecular flexibility index (Phi) is 5.86. The van der Waals surface area contributed by atoms with Crippen LogP contribution < -0.4 is 9.64 Å². The number of carbonyl (C=O) groups is 3. The Morgan fingerprint density at radius 1 is 1.37 bits per heavy atom. The fraction of sp³-hybridized carbons (Fsp3) is 0.500. The van der Waals surface area contributed by atoms with Crippen LogP contribution in [0.1, 0.15) is 12.8 Å². The molecule has 146 valence electrons. The van der Waals surface area contributed by atoms with Crippen molar-refractivity contribution >= 4 is 35.1 Å². The van der Waals surface area contributed by atoms with E-state index in [4.69, 9.17) is 26.2 Å². The van der Waals surface area contributed by atoms with Crippen LogP contribution in [0.15, 0.2) is 18.2 Å². The molecule has 0 bridgehead atoms. The van der Waals surface area contributed by atoms with Crippen molar-refractivity contribution in [1.82, 2.24) is 4.90 Å². The van der Waals surface area contributed by atoms with Crippen LogP contribution in [-0.2, 0) is 19.1 Å². The van der Waals surface area contributed by atoms with E-state index in [0.29, 0.717) is 23.0 Å². The summed E-state index contributed by atoms with van der Waals surface area (Å²) >= 11 is 6.05. The normalized spacial score (nSPS) is 22.8. The first kappa shape index (κ1) is 19.4. The SMILES string of the molecule is COc1ccc(Cl)cc1N1C[C@@H](C(=O)N2CCO[C@H](CC(=O)O)C2)CC1=O. The predicted molar refractivity (Wildman–Crippen MR) is 97.0 cm³/mol. The van der Waals surface area contributed by atoms with Gasteiger partial charge in [0.2, 0.25) is 11.8 Å². The number of methoxy groups -OCH3 is 1. The van der Waals surface area contributed by atoms with Gasteiger partial charge in [-0.25, -0.2) is 0 Å². The van der Waals surface area contributed by atoms with Gasteiger partial charge in [0.25, 0.3) is 0 Å². The molecule has 2 fully saturated rings. The van der Waals surface area contributed by atoms with Gasteiger partial charge in [-0.3, -0.25) is 14.4 Å². The molecular weight excluding hydrogens is 376 g/mol. The largest absolute Gasteiger partial charge is 0.495 e. The van der Waals surface area contributed by atoms with E-state index in [2.05, 4.69) is 0 Å². The van der Waals surface area contributed by atoms with Gasteiger partial charge in [-0.2, -0.15) is 0 Å². The molecule has 0 aromatic heterocycles. The van der Waals surface area contributed by atoms with Crippen LogP contribution in [-0.4, -0.2) is 67.2 Å². The zero-order valence-electron chi connectivity index (χ0n) is 14.9. The molecular formula is C18H21ClN2O6. The van der Waals surface area contributed by atoms with Gasteiger partial charge in [0, 0.05) is 31.1 Å². The Labute approximate surface area is 161 Å². The maximum Gasteiger partial charge on any atom is 0.306 e. The molecule has 0 unspecified atom stereocenters. The Morgan fingerprint density at radius 2 is 2.15 bits per heavy atom. The number of carbonyl (C=O) groups excluding carboxylic acids is 2. The van der Waals surface area contributed by atoms with Crippen molar-refractivity contribution in [3.05, 3.63) is 23.2 Å². The number of anilines is 1. The number of carboxylic acids is 1. The molecule has 0 saturated carbocycles. The molecule has 9 heteroatoms. The van der Waals surface area contributed by atoms with Gasteiger partial charge >= 0.3 is 5.97 Å². The lowest BCUT2D eigenvalue weighted by Crippen LogP contribution is -2.48. The van der Waals surface area contributed by atoms with E-state index in [-0.39, 0.29) is 44.4 Å². The molecule has 27 heavy (non-hydrogen) atoms. The first-order valence-electron chi connectivity index (χ1n) is 8.65. The summed E-state index contributed by atoms with van der Waals surface area (Å²) in [4.78, 5) is 39.4. The van der Waals surface area contributed by atoms with E-state index in [1.165, 1.54) is 12.0 Å². The van der Waals surface area contributed by atoms with Crippen LogP contribution in [0.2, 0.25) is 5.02 Å². The summed E-state index contributed by atoms with van der Waals surface area (Å²) in [6.45, 7) is 1.13. The topological polar surface area (TPSA) is 96.4 Å². The quantitative estimate of drug-likeness (QED) is 0.808. The zero-order valence-corrected chi connectivity index (χ0v) is 15.6. The maximum atomic E-state index is 12.9. The van der Waals surface area contributed by atoms with Crippen molar-refractivity contribution in [3.8, 4) is 5.75 Å². The molecule has 2 aliphatic heterocycles. The molecule has 0 aliphatic carbocycles. The minimum atomic E-state index is -0.968. The maximum absolute atomic E-state index is 12.9. The van der Waals surface area contributed by atoms with Gasteiger partial charge in [-0.05, 0) is 18.2 Å². The van der Waals surface area contributed by atoms with Gasteiger partial charge in [0.15, 0.2) is 0 Å². The molecule has 1 aromatic rings. The number of carboxylic acid groups (broad SMARTS) is 1. The third kappa shape index (κ3) is 4.33. The Morgan fingerprint density at radius 3 is 2.85 bits per heavy atom. The molecule has 2 heterocycles. The molecule has 3 rings (SSSR count). The second-order valence-electron chi connectivity index (χ2n) is 6.60. The fourth-order valence-corrected chi connectivity index (χ4v) is 3.64. The van der Waals surface area contributed by atoms with Gasteiger partial charge in [-0.1, -0.05) is 11.6 Å². The monoisotopic (exact) mass is 396 g/mol. The van der Waals surface area contributed by atoms with Crippen LogP contribution in [0.4, 0.5) is 5.69 Å². The van der Waals surface area contributed by atoms with Crippen molar-refractivity contribution in [2.75, 3.05) is 38.3 Å². The third-order valence-electron chi connectivity index (χ3n) is 4.76. The van der Waals surface area contributed by atoms with Crippen LogP contribution in [0, 0.1) is 5.92 Å². The molecule has 0 spiro atoms. The first-order chi connectivity index (χ1) is 12.9. The summed E-state index contributed by atoms with van der Waals surface area (Å²) in [6.07, 6.45) is -0.587. The number of benzene rings is 1. The minimum Gasteiger partial charge on any atom is -0.495 e. The van der Waals surface area contributed by atoms with Crippen LogP contribution in [0.3, 0.4) is 0 Å². The number of rotatable bonds is 5. The summed E-state index contributed by atoms with van der Waals surface area (Å²) in [7, 11) is 1.51. The van der Waals surface area contributed by atoms with E-state index < -0.39 is 18.0 Å². The van der Waals surface area contributed by atoms with Crippen LogP contribution in [0.25, 0.3) is 0 Å². The number of ether oxygens (including phenoxy) is 2. The lowest BCUT2D eigenvalue weighted by molar-refractivity contribution is -0.149. The predicted octanol–water partition coefficient (Wildman–Crippen LogP) is 1.40. The van der Waals surface area contributed by atoms with Crippen LogP contribution >= 0.6 is 11.6 Å². The number of morpholine rings is 1. The summed E-state index contributed by atoms with van der Waals surface area (Å²) in [5.74, 6) is -1.29. The number of hydrogen-bond acceptors (Lipinski definition) is 5. The van der Waals surface area contributed by atoms with Gasteiger partial charge in [-0.15, -0.1) is 0 Å².